The lowest BCUT2D eigenvalue weighted by atomic mass is 10.2. The standard InChI is InChI=1S/C11H14BrN3O/c1-8-6-9(4-5-10(8)12)15-7-13-11(16-15)14(2)3/h4-6H,7H2,1-3H3. The van der Waals surface area contributed by atoms with Gasteiger partial charge in [-0.05, 0) is 30.7 Å². The molecule has 4 nitrogen and oxygen atoms in total. The number of amidine groups is 1. The largest absolute Gasteiger partial charge is 0.338 e. The summed E-state index contributed by atoms with van der Waals surface area (Å²) >= 11 is 3.48. The van der Waals surface area contributed by atoms with Crippen molar-refractivity contribution in [3.63, 3.8) is 0 Å². The van der Waals surface area contributed by atoms with Gasteiger partial charge in [-0.3, -0.25) is 0 Å². The van der Waals surface area contributed by atoms with E-state index < -0.39 is 0 Å². The van der Waals surface area contributed by atoms with E-state index in [2.05, 4.69) is 33.9 Å². The van der Waals surface area contributed by atoms with Crippen molar-refractivity contribution in [3.05, 3.63) is 28.2 Å². The molecule has 1 aliphatic rings. The second kappa shape index (κ2) is 4.33. The molecule has 0 fully saturated rings. The third-order valence-electron chi connectivity index (χ3n) is 2.34. The van der Waals surface area contributed by atoms with E-state index in [9.17, 15) is 0 Å². The van der Waals surface area contributed by atoms with Crippen LogP contribution in [0.25, 0.3) is 0 Å². The Bertz CT molecular complexity index is 431. The Labute approximate surface area is 104 Å². The number of halogens is 1. The first-order valence-electron chi connectivity index (χ1n) is 5.01. The minimum absolute atomic E-state index is 0.536. The van der Waals surface area contributed by atoms with Crippen LogP contribution in [0.2, 0.25) is 0 Å². The van der Waals surface area contributed by atoms with Gasteiger partial charge >= 0.3 is 6.02 Å². The van der Waals surface area contributed by atoms with E-state index in [0.29, 0.717) is 12.7 Å². The molecule has 5 heteroatoms. The first kappa shape index (κ1) is 11.3. The molecule has 86 valence electrons. The summed E-state index contributed by atoms with van der Waals surface area (Å²) in [5, 5.41) is 1.77. The van der Waals surface area contributed by atoms with Gasteiger partial charge < -0.3 is 9.74 Å². The summed E-state index contributed by atoms with van der Waals surface area (Å²) in [7, 11) is 3.82. The Morgan fingerprint density at radius 1 is 1.44 bits per heavy atom. The molecule has 16 heavy (non-hydrogen) atoms. The minimum atomic E-state index is 0.536. The molecule has 0 N–H and O–H groups in total. The molecule has 0 aromatic heterocycles. The molecule has 0 atom stereocenters. The Hall–Kier alpha value is -1.23. The fraction of sp³-hybridized carbons (Fsp3) is 0.364. The summed E-state index contributed by atoms with van der Waals surface area (Å²) in [5.41, 5.74) is 2.20. The van der Waals surface area contributed by atoms with Gasteiger partial charge in [-0.1, -0.05) is 15.9 Å². The van der Waals surface area contributed by atoms with E-state index in [1.807, 2.05) is 31.1 Å². The Kier molecular flexibility index (Phi) is 3.05. The summed E-state index contributed by atoms with van der Waals surface area (Å²) < 4.78 is 1.10. The first-order valence-corrected chi connectivity index (χ1v) is 5.80. The smallest absolute Gasteiger partial charge is 0.316 e. The fourth-order valence-electron chi connectivity index (χ4n) is 1.42. The summed E-state index contributed by atoms with van der Waals surface area (Å²) in [6.45, 7) is 2.59. The summed E-state index contributed by atoms with van der Waals surface area (Å²) in [5.74, 6) is 0. The average molecular weight is 284 g/mol. The van der Waals surface area contributed by atoms with Gasteiger partial charge in [0.15, 0.2) is 6.67 Å². The normalized spacial score (nSPS) is 14.8. The number of rotatable bonds is 1. The zero-order valence-corrected chi connectivity index (χ0v) is 11.2. The van der Waals surface area contributed by atoms with E-state index >= 15 is 0 Å². The van der Waals surface area contributed by atoms with Gasteiger partial charge in [0, 0.05) is 18.6 Å². The van der Waals surface area contributed by atoms with Gasteiger partial charge in [-0.2, -0.15) is 5.06 Å². The Morgan fingerprint density at radius 3 is 2.75 bits per heavy atom. The number of nitrogens with zero attached hydrogens (tertiary/aromatic N) is 3. The molecule has 0 saturated heterocycles. The zero-order valence-electron chi connectivity index (χ0n) is 9.57. The highest BCUT2D eigenvalue weighted by Crippen LogP contribution is 2.24. The SMILES string of the molecule is Cc1cc(N2CN=C(N(C)C)O2)ccc1Br. The highest BCUT2D eigenvalue weighted by atomic mass is 79.9. The summed E-state index contributed by atoms with van der Waals surface area (Å²) in [6, 6.07) is 6.73. The molecule has 1 aliphatic heterocycles. The number of aryl methyl sites for hydroxylation is 1. The van der Waals surface area contributed by atoms with E-state index in [0.717, 1.165) is 10.2 Å². The predicted octanol–water partition coefficient (Wildman–Crippen LogP) is 2.38. The topological polar surface area (TPSA) is 28.1 Å². The average Bonchev–Trinajstić information content (AvgIpc) is 2.71. The Morgan fingerprint density at radius 2 is 2.19 bits per heavy atom. The van der Waals surface area contributed by atoms with Crippen LogP contribution in [0.4, 0.5) is 5.69 Å². The van der Waals surface area contributed by atoms with Gasteiger partial charge in [-0.25, -0.2) is 4.99 Å². The number of hydroxylamine groups is 1. The summed E-state index contributed by atoms with van der Waals surface area (Å²) in [6.07, 6.45) is 0. The molecule has 1 aromatic carbocycles. The number of hydrogen-bond acceptors (Lipinski definition) is 4. The van der Waals surface area contributed by atoms with Crippen LogP contribution in [0.3, 0.4) is 0 Å². The molecule has 0 spiro atoms. The third-order valence-corrected chi connectivity index (χ3v) is 3.23. The second-order valence-electron chi connectivity index (χ2n) is 3.88. The predicted molar refractivity (Wildman–Crippen MR) is 68.4 cm³/mol. The van der Waals surface area contributed by atoms with Gasteiger partial charge in [0.1, 0.15) is 0 Å². The molecule has 0 aliphatic carbocycles. The number of hydrogen-bond donors (Lipinski definition) is 0. The van der Waals surface area contributed by atoms with Crippen molar-refractivity contribution in [3.8, 4) is 0 Å². The second-order valence-corrected chi connectivity index (χ2v) is 4.73. The zero-order chi connectivity index (χ0) is 11.7. The highest BCUT2D eigenvalue weighted by Gasteiger charge is 2.19. The molecular weight excluding hydrogens is 270 g/mol. The first-order chi connectivity index (χ1) is 7.58. The van der Waals surface area contributed by atoms with Crippen molar-refractivity contribution in [2.24, 2.45) is 4.99 Å². The number of anilines is 1. The highest BCUT2D eigenvalue weighted by molar-refractivity contribution is 9.10. The van der Waals surface area contributed by atoms with Crippen molar-refractivity contribution >= 4 is 27.6 Å². The molecule has 0 saturated carbocycles. The van der Waals surface area contributed by atoms with Gasteiger partial charge in [0.05, 0.1) is 5.69 Å². The van der Waals surface area contributed by atoms with Crippen molar-refractivity contribution in [2.45, 2.75) is 6.92 Å². The van der Waals surface area contributed by atoms with E-state index in [1.54, 1.807) is 5.06 Å². The van der Waals surface area contributed by atoms with Crippen molar-refractivity contribution in [1.29, 1.82) is 0 Å². The molecule has 2 rings (SSSR count). The van der Waals surface area contributed by atoms with Crippen molar-refractivity contribution < 1.29 is 4.84 Å². The fourth-order valence-corrected chi connectivity index (χ4v) is 1.67. The monoisotopic (exact) mass is 283 g/mol. The molecule has 0 amide bonds. The molecule has 1 aromatic rings. The van der Waals surface area contributed by atoms with Gasteiger partial charge in [0.25, 0.3) is 0 Å². The maximum Gasteiger partial charge on any atom is 0.316 e. The lowest BCUT2D eigenvalue weighted by molar-refractivity contribution is 0.259. The lowest BCUT2D eigenvalue weighted by Gasteiger charge is -2.19. The van der Waals surface area contributed by atoms with E-state index in [4.69, 9.17) is 4.84 Å². The number of aliphatic imine (C=N–C) groups is 1. The van der Waals surface area contributed by atoms with Crippen LogP contribution in [-0.4, -0.2) is 31.7 Å². The van der Waals surface area contributed by atoms with E-state index in [-0.39, 0.29) is 0 Å². The van der Waals surface area contributed by atoms with Crippen LogP contribution in [-0.2, 0) is 4.84 Å². The van der Waals surface area contributed by atoms with Gasteiger partial charge in [0.2, 0.25) is 0 Å². The van der Waals surface area contributed by atoms with Crippen LogP contribution >= 0.6 is 15.9 Å². The lowest BCUT2D eigenvalue weighted by Crippen LogP contribution is -2.27. The van der Waals surface area contributed by atoms with Crippen LogP contribution in [0, 0.1) is 6.92 Å². The van der Waals surface area contributed by atoms with E-state index in [1.165, 1.54) is 5.56 Å². The maximum atomic E-state index is 5.60. The summed E-state index contributed by atoms with van der Waals surface area (Å²) in [4.78, 5) is 11.7. The molecule has 0 bridgehead atoms. The van der Waals surface area contributed by atoms with Crippen molar-refractivity contribution in [2.75, 3.05) is 25.8 Å². The van der Waals surface area contributed by atoms with Crippen LogP contribution in [0.15, 0.2) is 27.7 Å². The molecule has 0 radical (unpaired) electrons. The molecular formula is C11H14BrN3O. The van der Waals surface area contributed by atoms with Crippen molar-refractivity contribution in [1.82, 2.24) is 4.90 Å². The molecule has 0 unspecified atom stereocenters. The third kappa shape index (κ3) is 2.14. The number of benzene rings is 1. The van der Waals surface area contributed by atoms with Crippen LogP contribution in [0.1, 0.15) is 5.56 Å². The van der Waals surface area contributed by atoms with Crippen LogP contribution < -0.4 is 5.06 Å². The van der Waals surface area contributed by atoms with Crippen LogP contribution in [0.5, 0.6) is 0 Å². The quantitative estimate of drug-likeness (QED) is 0.792. The van der Waals surface area contributed by atoms with Gasteiger partial charge in [-0.15, -0.1) is 0 Å². The maximum absolute atomic E-state index is 5.60. The minimum Gasteiger partial charge on any atom is -0.338 e. The molecule has 1 heterocycles. The Balaban J connectivity index is 2.14.